The third-order valence-electron chi connectivity index (χ3n) is 3.23. The molecule has 104 valence electrons. The van der Waals surface area contributed by atoms with Crippen LogP contribution in [0.3, 0.4) is 0 Å². The smallest absolute Gasteiger partial charge is 0.220 e. The second-order valence-electron chi connectivity index (χ2n) is 4.94. The SMILES string of the molecule is CC(C)c1cc(-c2cccc3[nH]ccc23)nc(N)n1.Cl. The Hall–Kier alpha value is -2.07. The van der Waals surface area contributed by atoms with Gasteiger partial charge >= 0.3 is 0 Å². The van der Waals surface area contributed by atoms with E-state index in [0.29, 0.717) is 11.9 Å². The van der Waals surface area contributed by atoms with Crippen LogP contribution in [-0.2, 0) is 0 Å². The van der Waals surface area contributed by atoms with Gasteiger partial charge in [-0.1, -0.05) is 26.0 Å². The van der Waals surface area contributed by atoms with Gasteiger partial charge in [0.25, 0.3) is 0 Å². The monoisotopic (exact) mass is 288 g/mol. The number of nitrogens with zero attached hydrogens (tertiary/aromatic N) is 2. The molecule has 0 fully saturated rings. The molecule has 0 spiro atoms. The molecule has 0 atom stereocenters. The van der Waals surface area contributed by atoms with Crippen molar-refractivity contribution in [2.75, 3.05) is 5.73 Å². The molecule has 2 heterocycles. The highest BCUT2D eigenvalue weighted by Crippen LogP contribution is 2.28. The first-order valence-corrected chi connectivity index (χ1v) is 6.36. The first-order chi connectivity index (χ1) is 9.15. The number of hydrogen-bond donors (Lipinski definition) is 2. The fourth-order valence-corrected chi connectivity index (χ4v) is 2.23. The van der Waals surface area contributed by atoms with E-state index in [1.807, 2.05) is 24.4 Å². The molecule has 3 rings (SSSR count). The van der Waals surface area contributed by atoms with Gasteiger partial charge in [-0.2, -0.15) is 0 Å². The van der Waals surface area contributed by atoms with Gasteiger partial charge in [0.2, 0.25) is 5.95 Å². The first-order valence-electron chi connectivity index (χ1n) is 6.36. The average Bonchev–Trinajstić information content (AvgIpc) is 2.85. The Balaban J connectivity index is 0.00000147. The second kappa shape index (κ2) is 5.51. The van der Waals surface area contributed by atoms with E-state index >= 15 is 0 Å². The van der Waals surface area contributed by atoms with Crippen LogP contribution in [-0.4, -0.2) is 15.0 Å². The molecule has 3 aromatic rings. The maximum atomic E-state index is 5.82. The maximum Gasteiger partial charge on any atom is 0.220 e. The molecule has 20 heavy (non-hydrogen) atoms. The largest absolute Gasteiger partial charge is 0.368 e. The summed E-state index contributed by atoms with van der Waals surface area (Å²) in [5.74, 6) is 0.656. The lowest BCUT2D eigenvalue weighted by Crippen LogP contribution is -2.02. The van der Waals surface area contributed by atoms with E-state index in [9.17, 15) is 0 Å². The number of benzene rings is 1. The molecule has 3 N–H and O–H groups in total. The standard InChI is InChI=1S/C15H16N4.ClH/c1-9(2)13-8-14(19-15(16)18-13)10-4-3-5-12-11(10)6-7-17-12;/h3-9,17H,1-2H3,(H2,16,18,19);1H. The first kappa shape index (κ1) is 14.3. The van der Waals surface area contributed by atoms with Gasteiger partial charge in [0.05, 0.1) is 5.69 Å². The molecule has 4 nitrogen and oxygen atoms in total. The number of rotatable bonds is 2. The Morgan fingerprint density at radius 2 is 1.95 bits per heavy atom. The fourth-order valence-electron chi connectivity index (χ4n) is 2.23. The summed E-state index contributed by atoms with van der Waals surface area (Å²) >= 11 is 0. The number of nitrogen functional groups attached to an aromatic ring is 1. The third-order valence-corrected chi connectivity index (χ3v) is 3.23. The summed E-state index contributed by atoms with van der Waals surface area (Å²) in [6, 6.07) is 10.2. The van der Waals surface area contributed by atoms with Crippen LogP contribution in [0.1, 0.15) is 25.5 Å². The summed E-state index contributed by atoms with van der Waals surface area (Å²) in [4.78, 5) is 11.9. The number of halogens is 1. The van der Waals surface area contributed by atoms with Crippen LogP contribution in [0, 0.1) is 0 Å². The van der Waals surface area contributed by atoms with Gasteiger partial charge in [-0.25, -0.2) is 9.97 Å². The average molecular weight is 289 g/mol. The molecule has 1 aromatic carbocycles. The minimum Gasteiger partial charge on any atom is -0.368 e. The third kappa shape index (κ3) is 2.47. The van der Waals surface area contributed by atoms with E-state index < -0.39 is 0 Å². The van der Waals surface area contributed by atoms with E-state index in [0.717, 1.165) is 27.9 Å². The molecule has 0 radical (unpaired) electrons. The summed E-state index contributed by atoms with van der Waals surface area (Å²) in [7, 11) is 0. The molecule has 2 aromatic heterocycles. The number of hydrogen-bond acceptors (Lipinski definition) is 3. The molecule has 0 amide bonds. The lowest BCUT2D eigenvalue weighted by Gasteiger charge is -2.09. The van der Waals surface area contributed by atoms with Gasteiger partial charge < -0.3 is 10.7 Å². The number of anilines is 1. The summed E-state index contributed by atoms with van der Waals surface area (Å²) in [5, 5.41) is 1.15. The highest BCUT2D eigenvalue weighted by Gasteiger charge is 2.10. The Kier molecular flexibility index (Phi) is 3.95. The van der Waals surface area contributed by atoms with Crippen molar-refractivity contribution in [2.45, 2.75) is 19.8 Å². The Bertz CT molecular complexity index is 734. The molecule has 0 saturated carbocycles. The van der Waals surface area contributed by atoms with Crippen LogP contribution in [0.15, 0.2) is 36.5 Å². The Labute approximate surface area is 123 Å². The molecule has 0 aliphatic heterocycles. The van der Waals surface area contributed by atoms with Gasteiger partial charge in [0.1, 0.15) is 0 Å². The van der Waals surface area contributed by atoms with Crippen LogP contribution in [0.25, 0.3) is 22.2 Å². The zero-order chi connectivity index (χ0) is 13.4. The van der Waals surface area contributed by atoms with Gasteiger partial charge in [-0.05, 0) is 24.1 Å². The topological polar surface area (TPSA) is 67.6 Å². The van der Waals surface area contributed by atoms with Crippen molar-refractivity contribution in [1.29, 1.82) is 0 Å². The predicted octanol–water partition coefficient (Wildman–Crippen LogP) is 3.75. The fraction of sp³-hybridized carbons (Fsp3) is 0.200. The van der Waals surface area contributed by atoms with Gasteiger partial charge in [0, 0.05) is 28.4 Å². The Morgan fingerprint density at radius 3 is 2.70 bits per heavy atom. The zero-order valence-electron chi connectivity index (χ0n) is 11.4. The van der Waals surface area contributed by atoms with Gasteiger partial charge in [-0.3, -0.25) is 0 Å². The number of fused-ring (bicyclic) bond motifs is 1. The van der Waals surface area contributed by atoms with E-state index in [4.69, 9.17) is 5.73 Å². The quantitative estimate of drug-likeness (QED) is 0.754. The number of aromatic nitrogens is 3. The Morgan fingerprint density at radius 1 is 1.15 bits per heavy atom. The van der Waals surface area contributed by atoms with Crippen molar-refractivity contribution in [2.24, 2.45) is 0 Å². The summed E-state index contributed by atoms with van der Waals surface area (Å²) in [5.41, 5.74) is 9.84. The molecule has 0 aliphatic rings. The summed E-state index contributed by atoms with van der Waals surface area (Å²) in [6.07, 6.45) is 1.93. The summed E-state index contributed by atoms with van der Waals surface area (Å²) < 4.78 is 0. The molecule has 5 heteroatoms. The minimum atomic E-state index is 0. The lowest BCUT2D eigenvalue weighted by atomic mass is 10.0. The molecule has 0 bridgehead atoms. The molecular weight excluding hydrogens is 272 g/mol. The highest BCUT2D eigenvalue weighted by atomic mass is 35.5. The van der Waals surface area contributed by atoms with E-state index in [2.05, 4.69) is 40.9 Å². The molecular formula is C15H17ClN4. The van der Waals surface area contributed by atoms with E-state index in [1.54, 1.807) is 0 Å². The zero-order valence-corrected chi connectivity index (χ0v) is 12.2. The molecule has 0 saturated heterocycles. The number of nitrogens with one attached hydrogen (secondary N) is 1. The summed E-state index contributed by atoms with van der Waals surface area (Å²) in [6.45, 7) is 4.20. The normalized spacial score (nSPS) is 10.8. The van der Waals surface area contributed by atoms with Crippen LogP contribution in [0.4, 0.5) is 5.95 Å². The van der Waals surface area contributed by atoms with Crippen molar-refractivity contribution in [3.8, 4) is 11.3 Å². The van der Waals surface area contributed by atoms with Crippen molar-refractivity contribution < 1.29 is 0 Å². The number of aromatic amines is 1. The predicted molar refractivity (Wildman–Crippen MR) is 85.1 cm³/mol. The van der Waals surface area contributed by atoms with Gasteiger partial charge in [-0.15, -0.1) is 12.4 Å². The van der Waals surface area contributed by atoms with Crippen molar-refractivity contribution in [1.82, 2.24) is 15.0 Å². The van der Waals surface area contributed by atoms with Crippen LogP contribution >= 0.6 is 12.4 Å². The number of nitrogens with two attached hydrogens (primary N) is 1. The lowest BCUT2D eigenvalue weighted by molar-refractivity contribution is 0.819. The second-order valence-corrected chi connectivity index (χ2v) is 4.94. The van der Waals surface area contributed by atoms with Crippen molar-refractivity contribution in [3.05, 3.63) is 42.2 Å². The van der Waals surface area contributed by atoms with Crippen LogP contribution in [0.2, 0.25) is 0 Å². The van der Waals surface area contributed by atoms with Crippen molar-refractivity contribution >= 4 is 29.3 Å². The van der Waals surface area contributed by atoms with E-state index in [-0.39, 0.29) is 12.4 Å². The van der Waals surface area contributed by atoms with Crippen LogP contribution in [0.5, 0.6) is 0 Å². The van der Waals surface area contributed by atoms with E-state index in [1.165, 1.54) is 0 Å². The number of H-pyrrole nitrogens is 1. The van der Waals surface area contributed by atoms with Gasteiger partial charge in [0.15, 0.2) is 0 Å². The van der Waals surface area contributed by atoms with Crippen LogP contribution < -0.4 is 5.73 Å². The molecule has 0 aliphatic carbocycles. The molecule has 0 unspecified atom stereocenters. The highest BCUT2D eigenvalue weighted by molar-refractivity contribution is 5.94. The minimum absolute atomic E-state index is 0. The maximum absolute atomic E-state index is 5.82. The van der Waals surface area contributed by atoms with Crippen molar-refractivity contribution in [3.63, 3.8) is 0 Å².